The number of anilines is 2. The molecule has 0 aliphatic heterocycles. The number of hydrogen-bond donors (Lipinski definition) is 2. The molecule has 0 spiro atoms. The lowest BCUT2D eigenvalue weighted by molar-refractivity contribution is 0.228. The topological polar surface area (TPSA) is 120 Å². The Balaban J connectivity index is 2.74. The summed E-state index contributed by atoms with van der Waals surface area (Å²) in [6.45, 7) is 7.65. The fourth-order valence-corrected chi connectivity index (χ4v) is 2.44. The van der Waals surface area contributed by atoms with Crippen LogP contribution in [0.5, 0.6) is 11.5 Å². The van der Waals surface area contributed by atoms with Crippen LogP contribution in [0.2, 0.25) is 0 Å². The minimum absolute atomic E-state index is 0.00163. The number of ether oxygens (including phenoxy) is 2. The quantitative estimate of drug-likeness (QED) is 0.776. The van der Waals surface area contributed by atoms with Crippen LogP contribution in [0.25, 0.3) is 11.3 Å². The second-order valence-corrected chi connectivity index (χ2v) is 5.63. The second kappa shape index (κ2) is 7.53. The number of nitrogens with two attached hydrogens (primary N) is 2. The van der Waals surface area contributed by atoms with Crippen molar-refractivity contribution in [1.29, 1.82) is 5.26 Å². The molecule has 1 aromatic carbocycles. The van der Waals surface area contributed by atoms with E-state index in [1.807, 2.05) is 26.0 Å². The van der Waals surface area contributed by atoms with Gasteiger partial charge in [0.05, 0.1) is 18.9 Å². The maximum atomic E-state index is 9.40. The average Bonchev–Trinajstić information content (AvgIpc) is 2.55. The second-order valence-electron chi connectivity index (χ2n) is 5.63. The monoisotopic (exact) mass is 339 g/mol. The van der Waals surface area contributed by atoms with Crippen molar-refractivity contribution in [2.24, 2.45) is 0 Å². The molecule has 1 heterocycles. The lowest BCUT2D eigenvalue weighted by atomic mass is 10.0. The Morgan fingerprint density at radius 2 is 2.04 bits per heavy atom. The summed E-state index contributed by atoms with van der Waals surface area (Å²) >= 11 is 0. The van der Waals surface area contributed by atoms with Gasteiger partial charge in [0, 0.05) is 11.1 Å². The highest BCUT2D eigenvalue weighted by Gasteiger charge is 2.19. The van der Waals surface area contributed by atoms with Crippen molar-refractivity contribution in [3.05, 3.63) is 35.9 Å². The van der Waals surface area contributed by atoms with E-state index in [0.29, 0.717) is 29.2 Å². The first-order valence-electron chi connectivity index (χ1n) is 7.73. The molecule has 7 nitrogen and oxygen atoms in total. The third-order valence-corrected chi connectivity index (χ3v) is 3.41. The number of allylic oxidation sites excluding steroid dienone is 1. The smallest absolute Gasteiger partial charge is 0.222 e. The van der Waals surface area contributed by atoms with Gasteiger partial charge < -0.3 is 20.9 Å². The first-order valence-corrected chi connectivity index (χ1v) is 7.73. The van der Waals surface area contributed by atoms with E-state index in [2.05, 4.69) is 16.5 Å². The van der Waals surface area contributed by atoms with Crippen molar-refractivity contribution >= 4 is 11.8 Å². The van der Waals surface area contributed by atoms with Crippen LogP contribution in [0.3, 0.4) is 0 Å². The molecule has 0 saturated heterocycles. The molecule has 0 bridgehead atoms. The van der Waals surface area contributed by atoms with E-state index in [9.17, 15) is 5.26 Å². The van der Waals surface area contributed by atoms with Crippen molar-refractivity contribution in [1.82, 2.24) is 9.97 Å². The van der Waals surface area contributed by atoms with Gasteiger partial charge in [0.1, 0.15) is 17.5 Å². The molecule has 130 valence electrons. The summed E-state index contributed by atoms with van der Waals surface area (Å²) in [6, 6.07) is 5.64. The third kappa shape index (κ3) is 3.80. The average molecular weight is 339 g/mol. The number of rotatable bonds is 6. The lowest BCUT2D eigenvalue weighted by Gasteiger charge is -2.19. The van der Waals surface area contributed by atoms with Crippen LogP contribution in [0, 0.1) is 11.3 Å². The molecule has 0 aliphatic rings. The molecular formula is C18H21N5O2. The summed E-state index contributed by atoms with van der Waals surface area (Å²) in [4.78, 5) is 8.02. The number of aromatic nitrogens is 2. The van der Waals surface area contributed by atoms with Crippen LogP contribution in [0.15, 0.2) is 24.8 Å². The molecule has 4 N–H and O–H groups in total. The van der Waals surface area contributed by atoms with Gasteiger partial charge in [-0.1, -0.05) is 6.08 Å². The highest BCUT2D eigenvalue weighted by molar-refractivity contribution is 5.75. The van der Waals surface area contributed by atoms with E-state index in [1.54, 1.807) is 19.3 Å². The number of hydrogen-bond acceptors (Lipinski definition) is 7. The van der Waals surface area contributed by atoms with Gasteiger partial charge in [0.25, 0.3) is 0 Å². The Morgan fingerprint density at radius 3 is 2.60 bits per heavy atom. The van der Waals surface area contributed by atoms with Crippen LogP contribution in [0.1, 0.15) is 25.0 Å². The van der Waals surface area contributed by atoms with Gasteiger partial charge in [0.15, 0.2) is 11.5 Å². The van der Waals surface area contributed by atoms with Crippen LogP contribution < -0.4 is 20.9 Å². The van der Waals surface area contributed by atoms with Gasteiger partial charge >= 0.3 is 0 Å². The van der Waals surface area contributed by atoms with Gasteiger partial charge in [-0.25, -0.2) is 4.98 Å². The Labute approximate surface area is 146 Å². The molecule has 1 aromatic heterocycles. The molecule has 25 heavy (non-hydrogen) atoms. The van der Waals surface area contributed by atoms with Gasteiger partial charge in [-0.3, -0.25) is 0 Å². The molecule has 0 amide bonds. The highest BCUT2D eigenvalue weighted by atomic mass is 16.5. The Kier molecular flexibility index (Phi) is 5.45. The number of methoxy groups -OCH3 is 1. The highest BCUT2D eigenvalue weighted by Crippen LogP contribution is 2.38. The van der Waals surface area contributed by atoms with E-state index in [-0.39, 0.29) is 23.4 Å². The number of nitriles is 1. The summed E-state index contributed by atoms with van der Waals surface area (Å²) in [5.74, 6) is 1.20. The molecule has 0 radical (unpaired) electrons. The zero-order chi connectivity index (χ0) is 18.6. The number of benzene rings is 1. The minimum atomic E-state index is -0.0247. The normalized spacial score (nSPS) is 10.4. The summed E-state index contributed by atoms with van der Waals surface area (Å²) < 4.78 is 11.4. The van der Waals surface area contributed by atoms with E-state index in [1.165, 1.54) is 0 Å². The van der Waals surface area contributed by atoms with Crippen LogP contribution in [0.4, 0.5) is 11.8 Å². The Hall–Kier alpha value is -3.27. The summed E-state index contributed by atoms with van der Waals surface area (Å²) in [6.07, 6.45) is 2.30. The van der Waals surface area contributed by atoms with E-state index in [4.69, 9.17) is 20.9 Å². The van der Waals surface area contributed by atoms with Crippen molar-refractivity contribution in [3.8, 4) is 28.8 Å². The fraction of sp³-hybridized carbons (Fsp3) is 0.278. The van der Waals surface area contributed by atoms with Crippen molar-refractivity contribution in [3.63, 3.8) is 0 Å². The van der Waals surface area contributed by atoms with Crippen LogP contribution >= 0.6 is 0 Å². The summed E-state index contributed by atoms with van der Waals surface area (Å²) in [5.41, 5.74) is 13.5. The van der Waals surface area contributed by atoms with Crippen molar-refractivity contribution in [2.45, 2.75) is 26.4 Å². The van der Waals surface area contributed by atoms with Gasteiger partial charge in [0.2, 0.25) is 5.95 Å². The molecule has 0 aliphatic carbocycles. The zero-order valence-electron chi connectivity index (χ0n) is 14.5. The number of nitrogen functional groups attached to an aromatic ring is 2. The summed E-state index contributed by atoms with van der Waals surface area (Å²) in [7, 11) is 1.55. The Morgan fingerprint density at radius 1 is 1.32 bits per heavy atom. The minimum Gasteiger partial charge on any atom is -0.493 e. The largest absolute Gasteiger partial charge is 0.493 e. The fourth-order valence-electron chi connectivity index (χ4n) is 2.44. The molecule has 0 saturated carbocycles. The maximum Gasteiger partial charge on any atom is 0.222 e. The molecule has 0 fully saturated rings. The van der Waals surface area contributed by atoms with Gasteiger partial charge in [-0.2, -0.15) is 10.2 Å². The SMILES string of the molecule is C=CCc1cc(-c2nc(N)nc(N)c2C#N)cc(OC)c1OC(C)C. The molecule has 2 rings (SSSR count). The molecular weight excluding hydrogens is 318 g/mol. The first-order chi connectivity index (χ1) is 11.9. The summed E-state index contributed by atoms with van der Waals surface area (Å²) in [5, 5.41) is 9.40. The van der Waals surface area contributed by atoms with Gasteiger partial charge in [-0.15, -0.1) is 6.58 Å². The lowest BCUT2D eigenvalue weighted by Crippen LogP contribution is -2.09. The molecule has 7 heteroatoms. The first kappa shape index (κ1) is 18.1. The number of nitrogens with zero attached hydrogens (tertiary/aromatic N) is 3. The Bertz CT molecular complexity index is 840. The zero-order valence-corrected chi connectivity index (χ0v) is 14.5. The van der Waals surface area contributed by atoms with E-state index >= 15 is 0 Å². The molecule has 0 unspecified atom stereocenters. The third-order valence-electron chi connectivity index (χ3n) is 3.41. The standard InChI is InChI=1S/C18H21N5O2/c1-5-6-11-7-12(8-14(24-4)16(11)25-10(2)3)15-13(9-19)17(20)23-18(21)22-15/h5,7-8,10H,1,6H2,2-4H3,(H4,20,21,22,23). The maximum absolute atomic E-state index is 9.40. The molecule has 0 atom stereocenters. The van der Waals surface area contributed by atoms with Crippen molar-refractivity contribution in [2.75, 3.05) is 18.6 Å². The molecule has 2 aromatic rings. The predicted octanol–water partition coefficient (Wildman–Crippen LogP) is 2.70. The van der Waals surface area contributed by atoms with E-state index in [0.717, 1.165) is 5.56 Å². The predicted molar refractivity (Wildman–Crippen MR) is 97.2 cm³/mol. The van der Waals surface area contributed by atoms with E-state index < -0.39 is 0 Å². The van der Waals surface area contributed by atoms with Gasteiger partial charge in [-0.05, 0) is 32.4 Å². The van der Waals surface area contributed by atoms with Crippen LogP contribution in [-0.4, -0.2) is 23.2 Å². The van der Waals surface area contributed by atoms with Crippen LogP contribution in [-0.2, 0) is 6.42 Å². The van der Waals surface area contributed by atoms with Crippen molar-refractivity contribution < 1.29 is 9.47 Å².